The van der Waals surface area contributed by atoms with Gasteiger partial charge >= 0.3 is 0 Å². The van der Waals surface area contributed by atoms with E-state index in [0.717, 1.165) is 33.4 Å². The minimum Gasteiger partial charge on any atom is -0.493 e. The topological polar surface area (TPSA) is 82.0 Å². The number of nitrogens with one attached hydrogen (secondary N) is 1. The molecule has 0 saturated heterocycles. The van der Waals surface area contributed by atoms with Gasteiger partial charge in [0.2, 0.25) is 11.7 Å². The zero-order valence-electron chi connectivity index (χ0n) is 20.8. The molecule has 1 aromatic heterocycles. The van der Waals surface area contributed by atoms with E-state index in [0.29, 0.717) is 22.8 Å². The van der Waals surface area contributed by atoms with Gasteiger partial charge in [-0.1, -0.05) is 6.07 Å². The maximum Gasteiger partial charge on any atom is 0.259 e. The van der Waals surface area contributed by atoms with E-state index in [1.165, 1.54) is 11.8 Å². The first-order valence-corrected chi connectivity index (χ1v) is 11.6. The molecular weight excluding hydrogens is 446 g/mol. The van der Waals surface area contributed by atoms with E-state index in [1.807, 2.05) is 24.3 Å². The van der Waals surface area contributed by atoms with Crippen molar-refractivity contribution in [1.29, 1.82) is 0 Å². The lowest BCUT2D eigenvalue weighted by Gasteiger charge is -2.22. The summed E-state index contributed by atoms with van der Waals surface area (Å²) in [6.07, 6.45) is 2.12. The van der Waals surface area contributed by atoms with E-state index < -0.39 is 5.92 Å². The standard InChI is InChI=1S/C27H29N3O5/c1-14(2)29-12-17-23(16-10-21(33-4)26(35-6)22(11-16)34-5)25-19(13-30(15(3)31)27(25)32)28-18-8-7-9-20(29)24(17)18/h7-12,14,23,28H,13H2,1-6H3. The quantitative estimate of drug-likeness (QED) is 0.587. The van der Waals surface area contributed by atoms with E-state index in [-0.39, 0.29) is 24.4 Å². The Labute approximate surface area is 204 Å². The van der Waals surface area contributed by atoms with Crippen LogP contribution in [-0.2, 0) is 9.59 Å². The monoisotopic (exact) mass is 475 g/mol. The summed E-state index contributed by atoms with van der Waals surface area (Å²) in [6.45, 7) is 5.88. The fourth-order valence-electron chi connectivity index (χ4n) is 5.27. The van der Waals surface area contributed by atoms with E-state index in [1.54, 1.807) is 21.3 Å². The van der Waals surface area contributed by atoms with Gasteiger partial charge in [0.1, 0.15) is 0 Å². The number of ether oxygens (including phenoxy) is 3. The lowest BCUT2D eigenvalue weighted by atomic mass is 9.84. The second-order valence-corrected chi connectivity index (χ2v) is 9.10. The van der Waals surface area contributed by atoms with E-state index >= 15 is 0 Å². The zero-order chi connectivity index (χ0) is 25.0. The Balaban J connectivity index is 1.85. The van der Waals surface area contributed by atoms with Gasteiger partial charge in [0.05, 0.1) is 39.0 Å². The van der Waals surface area contributed by atoms with Gasteiger partial charge in [-0.05, 0) is 49.2 Å². The van der Waals surface area contributed by atoms with Crippen LogP contribution in [0.1, 0.15) is 43.9 Å². The second-order valence-electron chi connectivity index (χ2n) is 9.10. The molecule has 8 heteroatoms. The fourth-order valence-corrected chi connectivity index (χ4v) is 5.27. The normalized spacial score (nSPS) is 16.9. The number of amides is 2. The number of aromatic nitrogens is 1. The molecule has 1 unspecified atom stereocenters. The molecule has 35 heavy (non-hydrogen) atoms. The number of benzene rings is 2. The van der Waals surface area contributed by atoms with Crippen molar-refractivity contribution in [2.45, 2.75) is 32.7 Å². The molecule has 0 saturated carbocycles. The second kappa shape index (κ2) is 8.37. The van der Waals surface area contributed by atoms with Crippen molar-refractivity contribution in [1.82, 2.24) is 9.47 Å². The number of hydrogen-bond acceptors (Lipinski definition) is 6. The minimum absolute atomic E-state index is 0.204. The maximum atomic E-state index is 13.7. The molecule has 2 amide bonds. The van der Waals surface area contributed by atoms with Crippen molar-refractivity contribution in [3.8, 4) is 17.2 Å². The Morgan fingerprint density at radius 3 is 2.34 bits per heavy atom. The molecule has 2 aliphatic rings. The van der Waals surface area contributed by atoms with Crippen LogP contribution in [0.25, 0.3) is 10.9 Å². The molecule has 1 N–H and O–H groups in total. The first-order chi connectivity index (χ1) is 16.8. The van der Waals surface area contributed by atoms with Crippen LogP contribution in [0.2, 0.25) is 0 Å². The number of anilines is 1. The summed E-state index contributed by atoms with van der Waals surface area (Å²) >= 11 is 0. The summed E-state index contributed by atoms with van der Waals surface area (Å²) in [6, 6.07) is 10.1. The van der Waals surface area contributed by atoms with Gasteiger partial charge in [-0.3, -0.25) is 14.5 Å². The van der Waals surface area contributed by atoms with Gasteiger partial charge in [-0.15, -0.1) is 0 Å². The Hall–Kier alpha value is -3.94. The van der Waals surface area contributed by atoms with Gasteiger partial charge in [-0.2, -0.15) is 0 Å². The zero-order valence-corrected chi connectivity index (χ0v) is 20.8. The lowest BCUT2D eigenvalue weighted by molar-refractivity contribution is -0.139. The number of hydrogen-bond donors (Lipinski definition) is 1. The van der Waals surface area contributed by atoms with Gasteiger partial charge in [-0.25, -0.2) is 0 Å². The number of imide groups is 1. The molecule has 0 spiro atoms. The highest BCUT2D eigenvalue weighted by Gasteiger charge is 2.42. The SMILES string of the molecule is COc1cc(C2C3=C(CN(C(C)=O)C3=O)Nc3cccc4c3c2cn4C(C)C)cc(OC)c1OC. The van der Waals surface area contributed by atoms with Gasteiger partial charge in [0.25, 0.3) is 5.91 Å². The number of rotatable bonds is 5. The van der Waals surface area contributed by atoms with Crippen LogP contribution < -0.4 is 19.5 Å². The molecule has 0 aliphatic carbocycles. The van der Waals surface area contributed by atoms with E-state index in [2.05, 4.69) is 36.0 Å². The Morgan fingerprint density at radius 2 is 1.77 bits per heavy atom. The third kappa shape index (κ3) is 3.35. The Morgan fingerprint density at radius 1 is 1.09 bits per heavy atom. The van der Waals surface area contributed by atoms with Crippen LogP contribution in [0.4, 0.5) is 5.69 Å². The average Bonchev–Trinajstić information content (AvgIpc) is 3.34. The molecule has 0 radical (unpaired) electrons. The highest BCUT2D eigenvalue weighted by atomic mass is 16.5. The Bertz CT molecular complexity index is 1380. The van der Waals surface area contributed by atoms with Gasteiger partial charge in [0, 0.05) is 41.9 Å². The van der Waals surface area contributed by atoms with Gasteiger partial charge in [0.15, 0.2) is 11.5 Å². The number of carbonyl (C=O) groups excluding carboxylic acids is 2. The Kier molecular flexibility index (Phi) is 5.46. The first-order valence-electron chi connectivity index (χ1n) is 11.6. The summed E-state index contributed by atoms with van der Waals surface area (Å²) < 4.78 is 19.0. The molecule has 2 aromatic carbocycles. The van der Waals surface area contributed by atoms with E-state index in [9.17, 15) is 9.59 Å². The predicted molar refractivity (Wildman–Crippen MR) is 133 cm³/mol. The minimum atomic E-state index is -0.450. The van der Waals surface area contributed by atoms with Crippen molar-refractivity contribution in [2.75, 3.05) is 33.2 Å². The maximum absolute atomic E-state index is 13.7. The summed E-state index contributed by atoms with van der Waals surface area (Å²) in [5.41, 5.74) is 5.06. The molecule has 0 fully saturated rings. The third-order valence-electron chi connectivity index (χ3n) is 6.85. The molecular formula is C27H29N3O5. The largest absolute Gasteiger partial charge is 0.493 e. The summed E-state index contributed by atoms with van der Waals surface area (Å²) in [7, 11) is 4.70. The summed E-state index contributed by atoms with van der Waals surface area (Å²) in [4.78, 5) is 27.3. The van der Waals surface area contributed by atoms with Crippen LogP contribution in [0.5, 0.6) is 17.2 Å². The molecule has 5 rings (SSSR count). The fraction of sp³-hybridized carbons (Fsp3) is 0.333. The molecule has 0 bridgehead atoms. The molecule has 182 valence electrons. The van der Waals surface area contributed by atoms with Crippen LogP contribution in [0.3, 0.4) is 0 Å². The summed E-state index contributed by atoms with van der Waals surface area (Å²) in [5, 5.41) is 4.55. The van der Waals surface area contributed by atoms with Crippen LogP contribution >= 0.6 is 0 Å². The van der Waals surface area contributed by atoms with Crippen molar-refractivity contribution < 1.29 is 23.8 Å². The first kappa shape index (κ1) is 22.8. The van der Waals surface area contributed by atoms with Crippen LogP contribution in [0.15, 0.2) is 47.8 Å². The lowest BCUT2D eigenvalue weighted by Crippen LogP contribution is -2.33. The average molecular weight is 476 g/mol. The van der Waals surface area contributed by atoms with Crippen molar-refractivity contribution in [3.05, 3.63) is 58.9 Å². The highest BCUT2D eigenvalue weighted by Crippen LogP contribution is 2.49. The number of nitrogens with zero attached hydrogens (tertiary/aromatic N) is 2. The molecule has 2 aliphatic heterocycles. The molecule has 8 nitrogen and oxygen atoms in total. The van der Waals surface area contributed by atoms with Crippen LogP contribution in [-0.4, -0.2) is 49.2 Å². The van der Waals surface area contributed by atoms with E-state index in [4.69, 9.17) is 14.2 Å². The van der Waals surface area contributed by atoms with Crippen molar-refractivity contribution >= 4 is 28.4 Å². The highest BCUT2D eigenvalue weighted by molar-refractivity contribution is 6.11. The smallest absolute Gasteiger partial charge is 0.259 e. The van der Waals surface area contributed by atoms with Gasteiger partial charge < -0.3 is 24.1 Å². The third-order valence-corrected chi connectivity index (χ3v) is 6.85. The number of carbonyl (C=O) groups is 2. The summed E-state index contributed by atoms with van der Waals surface area (Å²) in [5.74, 6) is 0.455. The number of methoxy groups -OCH3 is 3. The molecule has 3 heterocycles. The van der Waals surface area contributed by atoms with Crippen LogP contribution in [0, 0.1) is 0 Å². The van der Waals surface area contributed by atoms with Crippen molar-refractivity contribution in [3.63, 3.8) is 0 Å². The molecule has 1 atom stereocenters. The predicted octanol–water partition coefficient (Wildman–Crippen LogP) is 4.45. The van der Waals surface area contributed by atoms with Crippen molar-refractivity contribution in [2.24, 2.45) is 0 Å². The molecule has 3 aromatic rings.